The van der Waals surface area contributed by atoms with Gasteiger partial charge in [0, 0.05) is 6.54 Å². The minimum atomic E-state index is -0.383. The number of nitrogens with one attached hydrogen (secondary N) is 1. The average Bonchev–Trinajstić information content (AvgIpc) is 3.31. The van der Waals surface area contributed by atoms with Crippen molar-refractivity contribution in [1.29, 1.82) is 0 Å². The van der Waals surface area contributed by atoms with Crippen LogP contribution in [0.4, 0.5) is 0 Å². The summed E-state index contributed by atoms with van der Waals surface area (Å²) in [6.45, 7) is 2.80. The molecule has 5 rings (SSSR count). The summed E-state index contributed by atoms with van der Waals surface area (Å²) in [6, 6.07) is 27.3. The first-order chi connectivity index (χ1) is 17.1. The van der Waals surface area contributed by atoms with Crippen LogP contribution in [0.25, 0.3) is 16.7 Å². The van der Waals surface area contributed by atoms with Gasteiger partial charge in [-0.1, -0.05) is 84.6 Å². The van der Waals surface area contributed by atoms with Gasteiger partial charge in [0.1, 0.15) is 0 Å². The Morgan fingerprint density at radius 3 is 2.31 bits per heavy atom. The molecule has 5 aromatic rings. The van der Waals surface area contributed by atoms with E-state index in [1.807, 2.05) is 96.3 Å². The van der Waals surface area contributed by atoms with E-state index in [1.54, 1.807) is 4.57 Å². The number of hydrogen-bond donors (Lipinski definition) is 1. The Bertz CT molecular complexity index is 1530. The highest BCUT2D eigenvalue weighted by Crippen LogP contribution is 2.25. The lowest BCUT2D eigenvalue weighted by Crippen LogP contribution is -2.32. The maximum absolute atomic E-state index is 13.3. The van der Waals surface area contributed by atoms with Crippen LogP contribution in [0.3, 0.4) is 0 Å². The lowest BCUT2D eigenvalue weighted by Gasteiger charge is -2.13. The Hall–Kier alpha value is -3.91. The Labute approximate surface area is 206 Å². The molecule has 1 unspecified atom stereocenters. The van der Waals surface area contributed by atoms with E-state index in [1.165, 1.54) is 17.3 Å². The lowest BCUT2D eigenvalue weighted by molar-refractivity contribution is -0.120. The SMILES string of the molecule is CC(Sc1nnc2n(Cc3ccccc3)c(=O)c3ccccc3n12)C(=O)NCCc1ccccc1. The number of aromatic nitrogens is 4. The van der Waals surface area contributed by atoms with Gasteiger partial charge >= 0.3 is 0 Å². The molecule has 1 atom stereocenters. The number of rotatable bonds is 8. The fraction of sp³-hybridized carbons (Fsp3) is 0.185. The van der Waals surface area contributed by atoms with Gasteiger partial charge in [-0.3, -0.25) is 18.6 Å². The molecule has 35 heavy (non-hydrogen) atoms. The fourth-order valence-corrected chi connectivity index (χ4v) is 4.93. The van der Waals surface area contributed by atoms with Gasteiger partial charge in [0.05, 0.1) is 22.7 Å². The molecule has 0 aliphatic rings. The molecule has 0 aliphatic carbocycles. The Morgan fingerprint density at radius 1 is 0.914 bits per heavy atom. The van der Waals surface area contributed by atoms with Crippen LogP contribution >= 0.6 is 11.8 Å². The Balaban J connectivity index is 1.42. The number of hydrogen-bond acceptors (Lipinski definition) is 5. The molecule has 0 radical (unpaired) electrons. The van der Waals surface area contributed by atoms with Crippen molar-refractivity contribution in [1.82, 2.24) is 24.5 Å². The van der Waals surface area contributed by atoms with Gasteiger partial charge in [0.2, 0.25) is 11.7 Å². The Morgan fingerprint density at radius 2 is 1.57 bits per heavy atom. The molecule has 176 valence electrons. The number of thioether (sulfide) groups is 1. The minimum absolute atomic E-state index is 0.0652. The third kappa shape index (κ3) is 4.83. The number of nitrogens with zero attached hydrogens (tertiary/aromatic N) is 4. The number of carbonyl (C=O) groups excluding carboxylic acids is 1. The van der Waals surface area contributed by atoms with E-state index >= 15 is 0 Å². The van der Waals surface area contributed by atoms with Gasteiger partial charge in [-0.05, 0) is 36.6 Å². The molecule has 0 bridgehead atoms. The second kappa shape index (κ2) is 10.1. The second-order valence-corrected chi connectivity index (χ2v) is 9.61. The molecule has 2 heterocycles. The predicted molar refractivity (Wildman–Crippen MR) is 139 cm³/mol. The zero-order valence-corrected chi connectivity index (χ0v) is 20.1. The maximum Gasteiger partial charge on any atom is 0.263 e. The van der Waals surface area contributed by atoms with Crippen molar-refractivity contribution in [3.8, 4) is 0 Å². The van der Waals surface area contributed by atoms with Crippen molar-refractivity contribution in [2.24, 2.45) is 0 Å². The van der Waals surface area contributed by atoms with Crippen molar-refractivity contribution >= 4 is 34.3 Å². The first kappa shape index (κ1) is 22.9. The van der Waals surface area contributed by atoms with Crippen molar-refractivity contribution < 1.29 is 4.79 Å². The third-order valence-electron chi connectivity index (χ3n) is 5.87. The van der Waals surface area contributed by atoms with E-state index in [-0.39, 0.29) is 16.7 Å². The fourth-order valence-electron chi connectivity index (χ4n) is 4.05. The zero-order valence-electron chi connectivity index (χ0n) is 19.3. The summed E-state index contributed by atoms with van der Waals surface area (Å²) in [5.74, 6) is 0.390. The van der Waals surface area contributed by atoms with Crippen LogP contribution in [0.2, 0.25) is 0 Å². The van der Waals surface area contributed by atoms with Crippen molar-refractivity contribution in [3.05, 3.63) is 106 Å². The normalized spacial score (nSPS) is 12.1. The molecule has 3 aromatic carbocycles. The van der Waals surface area contributed by atoms with Crippen LogP contribution in [-0.4, -0.2) is 36.9 Å². The van der Waals surface area contributed by atoms with Crippen LogP contribution in [0, 0.1) is 0 Å². The monoisotopic (exact) mass is 483 g/mol. The molecule has 0 spiro atoms. The van der Waals surface area contributed by atoms with Crippen LogP contribution in [0.5, 0.6) is 0 Å². The number of fused-ring (bicyclic) bond motifs is 3. The molecule has 1 amide bonds. The molecule has 2 aromatic heterocycles. The molecule has 0 saturated carbocycles. The van der Waals surface area contributed by atoms with Gasteiger partial charge < -0.3 is 5.32 Å². The number of benzene rings is 3. The van der Waals surface area contributed by atoms with E-state index in [9.17, 15) is 9.59 Å². The van der Waals surface area contributed by atoms with Crippen LogP contribution in [0.15, 0.2) is 94.9 Å². The number of carbonyl (C=O) groups is 1. The smallest absolute Gasteiger partial charge is 0.263 e. The predicted octanol–water partition coefficient (Wildman–Crippen LogP) is 3.93. The van der Waals surface area contributed by atoms with Gasteiger partial charge in [-0.25, -0.2) is 0 Å². The maximum atomic E-state index is 13.3. The summed E-state index contributed by atoms with van der Waals surface area (Å²) in [4.78, 5) is 26.1. The summed E-state index contributed by atoms with van der Waals surface area (Å²) in [5, 5.41) is 12.5. The van der Waals surface area contributed by atoms with Crippen LogP contribution < -0.4 is 10.9 Å². The molecule has 0 saturated heterocycles. The van der Waals surface area contributed by atoms with E-state index in [2.05, 4.69) is 15.5 Å². The molecule has 1 N–H and O–H groups in total. The quantitative estimate of drug-likeness (QED) is 0.338. The number of para-hydroxylation sites is 1. The molecule has 7 nitrogen and oxygen atoms in total. The number of amides is 1. The first-order valence-electron chi connectivity index (χ1n) is 11.5. The molecular weight excluding hydrogens is 458 g/mol. The van der Waals surface area contributed by atoms with Gasteiger partial charge in [0.25, 0.3) is 5.56 Å². The highest BCUT2D eigenvalue weighted by molar-refractivity contribution is 8.00. The highest BCUT2D eigenvalue weighted by atomic mass is 32.2. The summed E-state index contributed by atoms with van der Waals surface area (Å²) < 4.78 is 3.51. The van der Waals surface area contributed by atoms with Crippen LogP contribution in [0.1, 0.15) is 18.1 Å². The largest absolute Gasteiger partial charge is 0.355 e. The van der Waals surface area contributed by atoms with Gasteiger partial charge in [0.15, 0.2) is 5.16 Å². The highest BCUT2D eigenvalue weighted by Gasteiger charge is 2.21. The topological polar surface area (TPSA) is 81.3 Å². The molecular formula is C27H25N5O2S. The zero-order chi connectivity index (χ0) is 24.2. The first-order valence-corrected chi connectivity index (χ1v) is 12.4. The lowest BCUT2D eigenvalue weighted by atomic mass is 10.1. The van der Waals surface area contributed by atoms with E-state index in [0.717, 1.165) is 17.5 Å². The van der Waals surface area contributed by atoms with E-state index in [0.29, 0.717) is 29.4 Å². The second-order valence-electron chi connectivity index (χ2n) is 8.30. The third-order valence-corrected chi connectivity index (χ3v) is 6.91. The molecule has 8 heteroatoms. The van der Waals surface area contributed by atoms with Crippen molar-refractivity contribution in [3.63, 3.8) is 0 Å². The van der Waals surface area contributed by atoms with Crippen molar-refractivity contribution in [2.45, 2.75) is 30.3 Å². The minimum Gasteiger partial charge on any atom is -0.355 e. The summed E-state index contributed by atoms with van der Waals surface area (Å²) in [5.41, 5.74) is 2.78. The average molecular weight is 484 g/mol. The van der Waals surface area contributed by atoms with Crippen LogP contribution in [-0.2, 0) is 17.8 Å². The summed E-state index contributed by atoms with van der Waals surface area (Å²) >= 11 is 1.33. The Kier molecular flexibility index (Phi) is 6.63. The van der Waals surface area contributed by atoms with Gasteiger partial charge in [-0.15, -0.1) is 10.2 Å². The van der Waals surface area contributed by atoms with E-state index in [4.69, 9.17) is 0 Å². The molecule has 0 fully saturated rings. The van der Waals surface area contributed by atoms with Gasteiger partial charge in [-0.2, -0.15) is 0 Å². The van der Waals surface area contributed by atoms with Crippen molar-refractivity contribution in [2.75, 3.05) is 6.54 Å². The van der Waals surface area contributed by atoms with E-state index < -0.39 is 0 Å². The summed E-state index contributed by atoms with van der Waals surface area (Å²) in [6.07, 6.45) is 0.772. The standard InChI is InChI=1S/C27H25N5O2S/c1-19(24(33)28-17-16-20-10-4-2-5-11-20)35-27-30-29-26-31(18-21-12-6-3-7-13-21)25(34)22-14-8-9-15-23(22)32(26)27/h2-15,19H,16-18H2,1H3,(H,28,33). The molecule has 0 aliphatic heterocycles. The summed E-state index contributed by atoms with van der Waals surface area (Å²) in [7, 11) is 0.